The van der Waals surface area contributed by atoms with Crippen LogP contribution in [0.5, 0.6) is 0 Å². The smallest absolute Gasteiger partial charge is 0.389 e. The van der Waals surface area contributed by atoms with Crippen LogP contribution in [0.4, 0.5) is 13.2 Å². The van der Waals surface area contributed by atoms with E-state index >= 15 is 0 Å². The molecule has 1 amide bonds. The lowest BCUT2D eigenvalue weighted by molar-refractivity contribution is -0.146. The molecule has 0 saturated heterocycles. The number of aliphatic carboxylic acids is 1. The van der Waals surface area contributed by atoms with Crippen LogP contribution in [0.25, 0.3) is 0 Å². The second-order valence-electron chi connectivity index (χ2n) is 5.49. The summed E-state index contributed by atoms with van der Waals surface area (Å²) in [5, 5.41) is 11.6. The van der Waals surface area contributed by atoms with Gasteiger partial charge in [0, 0.05) is 13.0 Å². The number of rotatable bonds is 6. The van der Waals surface area contributed by atoms with Crippen LogP contribution in [-0.4, -0.2) is 29.7 Å². The van der Waals surface area contributed by atoms with E-state index < -0.39 is 30.4 Å². The third kappa shape index (κ3) is 5.38. The van der Waals surface area contributed by atoms with Gasteiger partial charge < -0.3 is 10.4 Å². The van der Waals surface area contributed by atoms with Crippen molar-refractivity contribution in [1.29, 1.82) is 0 Å². The first-order valence-electron chi connectivity index (χ1n) is 6.78. The highest BCUT2D eigenvalue weighted by molar-refractivity contribution is 5.85. The van der Waals surface area contributed by atoms with E-state index in [1.165, 1.54) is 0 Å². The van der Waals surface area contributed by atoms with Crippen LogP contribution in [0.2, 0.25) is 0 Å². The topological polar surface area (TPSA) is 66.4 Å². The lowest BCUT2D eigenvalue weighted by Gasteiger charge is -2.15. The molecule has 0 spiro atoms. The van der Waals surface area contributed by atoms with E-state index in [0.717, 1.165) is 0 Å². The average molecular weight is 295 g/mol. The molecule has 4 nitrogen and oxygen atoms in total. The molecular formula is C13H20F3NO3. The van der Waals surface area contributed by atoms with Gasteiger partial charge in [-0.3, -0.25) is 9.59 Å². The molecule has 0 radical (unpaired) electrons. The summed E-state index contributed by atoms with van der Waals surface area (Å²) >= 11 is 0. The fourth-order valence-corrected chi connectivity index (χ4v) is 2.65. The van der Waals surface area contributed by atoms with Crippen molar-refractivity contribution in [2.24, 2.45) is 17.8 Å². The van der Waals surface area contributed by atoms with Crippen LogP contribution in [0.3, 0.4) is 0 Å². The van der Waals surface area contributed by atoms with Crippen molar-refractivity contribution >= 4 is 11.9 Å². The van der Waals surface area contributed by atoms with Gasteiger partial charge in [-0.1, -0.05) is 6.92 Å². The number of hydrogen-bond donors (Lipinski definition) is 2. The summed E-state index contributed by atoms with van der Waals surface area (Å²) < 4.78 is 35.8. The zero-order valence-corrected chi connectivity index (χ0v) is 11.4. The van der Waals surface area contributed by atoms with Gasteiger partial charge in [-0.25, -0.2) is 0 Å². The number of unbranched alkanes of at least 4 members (excludes halogenated alkanes) is 1. The second-order valence-corrected chi connectivity index (χ2v) is 5.49. The minimum absolute atomic E-state index is 0.0345. The molecule has 0 aromatic heterocycles. The first-order valence-corrected chi connectivity index (χ1v) is 6.78. The minimum Gasteiger partial charge on any atom is -0.481 e. The molecule has 1 saturated carbocycles. The molecule has 1 unspecified atom stereocenters. The number of carboxylic acids is 1. The van der Waals surface area contributed by atoms with Gasteiger partial charge in [0.2, 0.25) is 5.91 Å². The van der Waals surface area contributed by atoms with Crippen molar-refractivity contribution in [3.05, 3.63) is 0 Å². The van der Waals surface area contributed by atoms with Crippen molar-refractivity contribution in [1.82, 2.24) is 5.32 Å². The Hall–Kier alpha value is -1.27. The molecule has 0 aromatic rings. The van der Waals surface area contributed by atoms with E-state index in [-0.39, 0.29) is 31.2 Å². The zero-order valence-electron chi connectivity index (χ0n) is 11.4. The fraction of sp³-hybridized carbons (Fsp3) is 0.846. The Kier molecular flexibility index (Phi) is 5.83. The van der Waals surface area contributed by atoms with Gasteiger partial charge in [-0.15, -0.1) is 0 Å². The Morgan fingerprint density at radius 2 is 1.80 bits per heavy atom. The van der Waals surface area contributed by atoms with Crippen molar-refractivity contribution < 1.29 is 27.9 Å². The van der Waals surface area contributed by atoms with E-state index in [2.05, 4.69) is 5.32 Å². The lowest BCUT2D eigenvalue weighted by atomic mass is 9.95. The molecule has 3 atom stereocenters. The molecule has 0 aliphatic heterocycles. The maximum Gasteiger partial charge on any atom is 0.389 e. The van der Waals surface area contributed by atoms with Crippen LogP contribution < -0.4 is 5.32 Å². The highest BCUT2D eigenvalue weighted by Gasteiger charge is 2.40. The van der Waals surface area contributed by atoms with E-state index in [1.807, 2.05) is 6.92 Å². The van der Waals surface area contributed by atoms with E-state index in [9.17, 15) is 22.8 Å². The van der Waals surface area contributed by atoms with Crippen LogP contribution in [0.15, 0.2) is 0 Å². The molecule has 0 aromatic carbocycles. The van der Waals surface area contributed by atoms with E-state index in [4.69, 9.17) is 5.11 Å². The maximum absolute atomic E-state index is 11.9. The standard InChI is InChI=1S/C13H20F3NO3/c1-8-6-9(10(7-8)12(19)20)11(18)17-5-3-2-4-13(14,15)16/h8-10H,2-7H2,1H3,(H,17,18)(H,19,20)/t8?,9-,10+/m0/s1. The third-order valence-electron chi connectivity index (χ3n) is 3.64. The number of carbonyl (C=O) groups excluding carboxylic acids is 1. The monoisotopic (exact) mass is 295 g/mol. The largest absolute Gasteiger partial charge is 0.481 e. The second kappa shape index (κ2) is 6.95. The molecule has 7 heteroatoms. The number of halogens is 3. The van der Waals surface area contributed by atoms with E-state index in [0.29, 0.717) is 12.8 Å². The Labute approximate surface area is 115 Å². The number of nitrogens with one attached hydrogen (secondary N) is 1. The number of carbonyl (C=O) groups is 2. The summed E-state index contributed by atoms with van der Waals surface area (Å²) in [6, 6.07) is 0. The van der Waals surface area contributed by atoms with Gasteiger partial charge in [-0.2, -0.15) is 13.2 Å². The van der Waals surface area contributed by atoms with Crippen molar-refractivity contribution in [2.75, 3.05) is 6.54 Å². The quantitative estimate of drug-likeness (QED) is 0.740. The molecule has 2 N–H and O–H groups in total. The number of carboxylic acid groups (broad SMARTS) is 1. The first-order chi connectivity index (χ1) is 9.20. The van der Waals surface area contributed by atoms with Gasteiger partial charge in [-0.05, 0) is 31.6 Å². The average Bonchev–Trinajstić information content (AvgIpc) is 2.69. The van der Waals surface area contributed by atoms with Gasteiger partial charge >= 0.3 is 12.1 Å². The number of amides is 1. The minimum atomic E-state index is -4.17. The van der Waals surface area contributed by atoms with Crippen LogP contribution in [0, 0.1) is 17.8 Å². The van der Waals surface area contributed by atoms with Crippen LogP contribution in [0.1, 0.15) is 39.0 Å². The predicted molar refractivity (Wildman–Crippen MR) is 65.9 cm³/mol. The molecule has 1 aliphatic carbocycles. The fourth-order valence-electron chi connectivity index (χ4n) is 2.65. The highest BCUT2D eigenvalue weighted by atomic mass is 19.4. The Morgan fingerprint density at radius 1 is 1.20 bits per heavy atom. The van der Waals surface area contributed by atoms with Crippen molar-refractivity contribution in [3.8, 4) is 0 Å². The molecule has 0 bridgehead atoms. The summed E-state index contributed by atoms with van der Waals surface area (Å²) in [5.41, 5.74) is 0. The lowest BCUT2D eigenvalue weighted by Crippen LogP contribution is -2.35. The van der Waals surface area contributed by atoms with Gasteiger partial charge in [0.1, 0.15) is 0 Å². The Bertz CT molecular complexity index is 357. The normalized spacial score (nSPS) is 26.5. The molecule has 116 valence electrons. The van der Waals surface area contributed by atoms with E-state index in [1.54, 1.807) is 0 Å². The Morgan fingerprint density at radius 3 is 2.35 bits per heavy atom. The summed E-state index contributed by atoms with van der Waals surface area (Å²) in [4.78, 5) is 22.9. The summed E-state index contributed by atoms with van der Waals surface area (Å²) in [6.07, 6.45) is -3.83. The number of alkyl halides is 3. The highest BCUT2D eigenvalue weighted by Crippen LogP contribution is 2.36. The molecule has 1 rings (SSSR count). The summed E-state index contributed by atoms with van der Waals surface area (Å²) in [7, 11) is 0. The van der Waals surface area contributed by atoms with Gasteiger partial charge in [0.15, 0.2) is 0 Å². The summed E-state index contributed by atoms with van der Waals surface area (Å²) in [5.74, 6) is -2.40. The maximum atomic E-state index is 11.9. The predicted octanol–water partition coefficient (Wildman–Crippen LogP) is 2.58. The summed E-state index contributed by atoms with van der Waals surface area (Å²) in [6.45, 7) is 2.05. The van der Waals surface area contributed by atoms with Crippen LogP contribution in [-0.2, 0) is 9.59 Å². The Balaban J connectivity index is 2.30. The van der Waals surface area contributed by atoms with Crippen molar-refractivity contribution in [3.63, 3.8) is 0 Å². The van der Waals surface area contributed by atoms with Gasteiger partial charge in [0.25, 0.3) is 0 Å². The van der Waals surface area contributed by atoms with Crippen molar-refractivity contribution in [2.45, 2.75) is 45.2 Å². The molecule has 1 fully saturated rings. The van der Waals surface area contributed by atoms with Gasteiger partial charge in [0.05, 0.1) is 11.8 Å². The zero-order chi connectivity index (χ0) is 15.3. The molecule has 1 aliphatic rings. The van der Waals surface area contributed by atoms with Crippen LogP contribution >= 0.6 is 0 Å². The number of hydrogen-bond acceptors (Lipinski definition) is 2. The first kappa shape index (κ1) is 16.8. The molecular weight excluding hydrogens is 275 g/mol. The molecule has 20 heavy (non-hydrogen) atoms. The molecule has 0 heterocycles. The third-order valence-corrected chi connectivity index (χ3v) is 3.64. The SMILES string of the molecule is CC1C[C@H](C(=O)NCCCCC(F)(F)F)[C@H](C(=O)O)C1.